The van der Waals surface area contributed by atoms with E-state index in [4.69, 9.17) is 13.6 Å². The zero-order chi connectivity index (χ0) is 22.1. The summed E-state index contributed by atoms with van der Waals surface area (Å²) in [4.78, 5) is 2.09. The molecule has 0 bridgehead atoms. The summed E-state index contributed by atoms with van der Waals surface area (Å²) in [6, 6.07) is 0. The number of hydrogen-bond donors (Lipinski definition) is 0. The second-order valence-corrected chi connectivity index (χ2v) is 9.85. The van der Waals surface area contributed by atoms with Crippen LogP contribution in [0.4, 0.5) is 0 Å². The topological polar surface area (TPSA) is 30.9 Å². The van der Waals surface area contributed by atoms with Crippen molar-refractivity contribution in [2.75, 3.05) is 41.0 Å². The second kappa shape index (κ2) is 25.3. The molecule has 0 aromatic heterocycles. The first-order chi connectivity index (χ1) is 14.7. The fraction of sp³-hybridized carbons (Fsp3) is 0.920. The quantitative estimate of drug-likeness (QED) is 0.0849. The van der Waals surface area contributed by atoms with Crippen LogP contribution in [-0.4, -0.2) is 45.9 Å². The second-order valence-electron chi connectivity index (χ2n) is 8.52. The van der Waals surface area contributed by atoms with E-state index >= 15 is 0 Å². The highest BCUT2D eigenvalue weighted by atomic mass is 31.2. The molecule has 0 saturated heterocycles. The van der Waals surface area contributed by atoms with Crippen LogP contribution < -0.4 is 0 Å². The van der Waals surface area contributed by atoms with Crippen LogP contribution in [0.1, 0.15) is 110 Å². The molecule has 4 nitrogen and oxygen atoms in total. The minimum Gasteiger partial charge on any atom is -0.316 e. The zero-order valence-corrected chi connectivity index (χ0v) is 21.6. The molecule has 0 saturated carbocycles. The minimum atomic E-state index is -1.17. The molecule has 0 aliphatic heterocycles. The van der Waals surface area contributed by atoms with Gasteiger partial charge in [-0.1, -0.05) is 89.7 Å². The van der Waals surface area contributed by atoms with Crippen LogP contribution >= 0.6 is 8.60 Å². The molecular weight excluding hydrogens is 393 g/mol. The van der Waals surface area contributed by atoms with Gasteiger partial charge in [-0.25, -0.2) is 0 Å². The number of nitrogens with zero attached hydrogens (tertiary/aromatic N) is 1. The first kappa shape index (κ1) is 30.0. The number of hydrogen-bond acceptors (Lipinski definition) is 4. The van der Waals surface area contributed by atoms with Crippen LogP contribution in [0.2, 0.25) is 0 Å². The highest BCUT2D eigenvalue weighted by Crippen LogP contribution is 2.38. The highest BCUT2D eigenvalue weighted by Gasteiger charge is 2.09. The van der Waals surface area contributed by atoms with Gasteiger partial charge >= 0.3 is 8.60 Å². The van der Waals surface area contributed by atoms with Crippen LogP contribution in [0.3, 0.4) is 0 Å². The SMILES string of the molecule is CCCCCCCC/C=C\CCCCCCCCCCOP(OC)OCCN(C)C. The Morgan fingerprint density at radius 1 is 0.633 bits per heavy atom. The maximum absolute atomic E-state index is 5.70. The van der Waals surface area contributed by atoms with E-state index in [2.05, 4.69) is 24.0 Å². The Morgan fingerprint density at radius 2 is 1.10 bits per heavy atom. The Morgan fingerprint density at radius 3 is 1.60 bits per heavy atom. The van der Waals surface area contributed by atoms with Crippen molar-refractivity contribution in [3.63, 3.8) is 0 Å². The average Bonchev–Trinajstić information content (AvgIpc) is 2.73. The summed E-state index contributed by atoms with van der Waals surface area (Å²) in [5.74, 6) is 0. The smallest absolute Gasteiger partial charge is 0.316 e. The van der Waals surface area contributed by atoms with Crippen molar-refractivity contribution in [2.45, 2.75) is 110 Å². The summed E-state index contributed by atoms with van der Waals surface area (Å²) in [5.41, 5.74) is 0. The molecule has 180 valence electrons. The zero-order valence-electron chi connectivity index (χ0n) is 20.7. The van der Waals surface area contributed by atoms with Gasteiger partial charge in [-0.3, -0.25) is 0 Å². The molecule has 0 aliphatic carbocycles. The molecule has 0 N–H and O–H groups in total. The summed E-state index contributed by atoms with van der Waals surface area (Å²) >= 11 is 0. The van der Waals surface area contributed by atoms with Gasteiger partial charge in [0, 0.05) is 13.7 Å². The molecule has 1 atom stereocenters. The molecule has 0 aliphatic rings. The van der Waals surface area contributed by atoms with Crippen molar-refractivity contribution in [3.05, 3.63) is 12.2 Å². The normalized spacial score (nSPS) is 13.0. The lowest BCUT2D eigenvalue weighted by Gasteiger charge is -2.16. The van der Waals surface area contributed by atoms with E-state index in [1.165, 1.54) is 96.3 Å². The first-order valence-electron chi connectivity index (χ1n) is 12.6. The molecule has 0 rings (SSSR count). The molecule has 30 heavy (non-hydrogen) atoms. The molecule has 0 amide bonds. The van der Waals surface area contributed by atoms with Gasteiger partial charge in [0.25, 0.3) is 0 Å². The van der Waals surface area contributed by atoms with Gasteiger partial charge in [-0.05, 0) is 46.2 Å². The van der Waals surface area contributed by atoms with E-state index in [9.17, 15) is 0 Å². The Labute approximate surface area is 190 Å². The Kier molecular flexibility index (Phi) is 25.3. The van der Waals surface area contributed by atoms with Crippen molar-refractivity contribution in [2.24, 2.45) is 0 Å². The van der Waals surface area contributed by atoms with E-state index in [-0.39, 0.29) is 0 Å². The molecule has 0 heterocycles. The summed E-state index contributed by atoms with van der Waals surface area (Å²) in [6.07, 6.45) is 26.3. The maximum Gasteiger partial charge on any atom is 0.332 e. The van der Waals surface area contributed by atoms with Gasteiger partial charge in [0.2, 0.25) is 0 Å². The largest absolute Gasteiger partial charge is 0.332 e. The number of rotatable bonds is 24. The number of likely N-dealkylation sites (N-methyl/N-ethyl adjacent to an activating group) is 1. The van der Waals surface area contributed by atoms with Crippen molar-refractivity contribution >= 4 is 8.60 Å². The fourth-order valence-electron chi connectivity index (χ4n) is 3.28. The van der Waals surface area contributed by atoms with Crippen molar-refractivity contribution in [1.82, 2.24) is 4.90 Å². The van der Waals surface area contributed by atoms with Gasteiger partial charge in [0.1, 0.15) is 0 Å². The summed E-state index contributed by atoms with van der Waals surface area (Å²) in [7, 11) is 4.57. The lowest BCUT2D eigenvalue weighted by molar-refractivity contribution is 0.167. The van der Waals surface area contributed by atoms with E-state index in [1.807, 2.05) is 14.1 Å². The molecule has 0 spiro atoms. The number of allylic oxidation sites excluding steroid dienone is 2. The van der Waals surface area contributed by atoms with Gasteiger partial charge in [0.05, 0.1) is 13.2 Å². The Balaban J connectivity index is 3.24. The van der Waals surface area contributed by atoms with Crippen molar-refractivity contribution < 1.29 is 13.6 Å². The number of unbranched alkanes of at least 4 members (excludes halogenated alkanes) is 14. The van der Waals surface area contributed by atoms with E-state index in [1.54, 1.807) is 7.11 Å². The third-order valence-electron chi connectivity index (χ3n) is 5.24. The Hall–Kier alpha value is 0.0100. The lowest BCUT2D eigenvalue weighted by Crippen LogP contribution is -2.17. The van der Waals surface area contributed by atoms with Crippen LogP contribution in [0.15, 0.2) is 12.2 Å². The monoisotopic (exact) mass is 445 g/mol. The van der Waals surface area contributed by atoms with Gasteiger partial charge < -0.3 is 18.5 Å². The van der Waals surface area contributed by atoms with Gasteiger partial charge in [0.15, 0.2) is 0 Å². The van der Waals surface area contributed by atoms with Crippen LogP contribution in [-0.2, 0) is 13.6 Å². The maximum atomic E-state index is 5.70. The molecule has 5 heteroatoms. The molecule has 0 aromatic carbocycles. The fourth-order valence-corrected chi connectivity index (χ4v) is 4.08. The first-order valence-corrected chi connectivity index (χ1v) is 13.7. The van der Waals surface area contributed by atoms with Gasteiger partial charge in [-0.2, -0.15) is 0 Å². The highest BCUT2D eigenvalue weighted by molar-refractivity contribution is 7.41. The summed E-state index contributed by atoms with van der Waals surface area (Å²) in [5, 5.41) is 0. The Bertz CT molecular complexity index is 353. The molecule has 0 radical (unpaired) electrons. The van der Waals surface area contributed by atoms with Crippen LogP contribution in [0, 0.1) is 0 Å². The molecular formula is C25H52NO3P. The average molecular weight is 446 g/mol. The lowest BCUT2D eigenvalue weighted by atomic mass is 10.1. The molecule has 0 aromatic rings. The third-order valence-corrected chi connectivity index (χ3v) is 6.32. The molecule has 0 fully saturated rings. The van der Waals surface area contributed by atoms with Crippen molar-refractivity contribution in [3.8, 4) is 0 Å². The third kappa shape index (κ3) is 24.3. The predicted molar refractivity (Wildman–Crippen MR) is 133 cm³/mol. The van der Waals surface area contributed by atoms with E-state index < -0.39 is 8.60 Å². The standard InChI is InChI=1S/C25H52NO3P/c1-5-6-7-8-9-10-11-12-13-14-15-16-17-18-19-20-21-22-24-28-30(27-4)29-25-23-26(2)3/h12-13H,5-11,14-25H2,1-4H3/b13-12-. The molecule has 1 unspecified atom stereocenters. The van der Waals surface area contributed by atoms with Crippen molar-refractivity contribution in [1.29, 1.82) is 0 Å². The minimum absolute atomic E-state index is 0.654. The van der Waals surface area contributed by atoms with Crippen LogP contribution in [0.5, 0.6) is 0 Å². The van der Waals surface area contributed by atoms with E-state index in [0.717, 1.165) is 19.6 Å². The van der Waals surface area contributed by atoms with Crippen LogP contribution in [0.25, 0.3) is 0 Å². The predicted octanol–water partition coefficient (Wildman–Crippen LogP) is 8.27. The summed E-state index contributed by atoms with van der Waals surface area (Å²) < 4.78 is 16.6. The summed E-state index contributed by atoms with van der Waals surface area (Å²) in [6.45, 7) is 4.57. The van der Waals surface area contributed by atoms with E-state index in [0.29, 0.717) is 6.61 Å². The van der Waals surface area contributed by atoms with Gasteiger partial charge in [-0.15, -0.1) is 0 Å².